The van der Waals surface area contributed by atoms with Crippen molar-refractivity contribution >= 4 is 0 Å². The zero-order valence-corrected chi connectivity index (χ0v) is 12.9. The Morgan fingerprint density at radius 1 is 0.944 bits per heavy atom. The van der Waals surface area contributed by atoms with Gasteiger partial charge < -0.3 is 9.80 Å². The van der Waals surface area contributed by atoms with E-state index < -0.39 is 0 Å². The van der Waals surface area contributed by atoms with Crippen LogP contribution in [0.1, 0.15) is 59.8 Å². The van der Waals surface area contributed by atoms with Crippen LogP contribution in [0.2, 0.25) is 0 Å². The summed E-state index contributed by atoms with van der Waals surface area (Å²) >= 11 is 0. The fraction of sp³-hybridized carbons (Fsp3) is 1.00. The molecule has 0 N–H and O–H groups in total. The van der Waals surface area contributed by atoms with Crippen molar-refractivity contribution in [2.24, 2.45) is 5.41 Å². The van der Waals surface area contributed by atoms with E-state index in [0.717, 1.165) is 12.1 Å². The summed E-state index contributed by atoms with van der Waals surface area (Å²) in [6, 6.07) is 1.59. The van der Waals surface area contributed by atoms with Crippen LogP contribution in [0.4, 0.5) is 0 Å². The van der Waals surface area contributed by atoms with Crippen LogP contribution in [0.15, 0.2) is 0 Å². The number of likely N-dealkylation sites (tertiary alicyclic amines) is 2. The predicted molar refractivity (Wildman–Crippen MR) is 78.9 cm³/mol. The van der Waals surface area contributed by atoms with Gasteiger partial charge in [0.2, 0.25) is 0 Å². The topological polar surface area (TPSA) is 6.48 Å². The molecular weight excluding hydrogens is 220 g/mol. The summed E-state index contributed by atoms with van der Waals surface area (Å²) in [6.07, 6.45) is 6.97. The van der Waals surface area contributed by atoms with Crippen molar-refractivity contribution in [2.75, 3.05) is 26.2 Å². The average molecular weight is 252 g/mol. The maximum Gasteiger partial charge on any atom is 0.0108 e. The largest absolute Gasteiger partial charge is 0.301 e. The monoisotopic (exact) mass is 252 g/mol. The van der Waals surface area contributed by atoms with Crippen LogP contribution in [0, 0.1) is 5.41 Å². The van der Waals surface area contributed by atoms with Gasteiger partial charge in [0.25, 0.3) is 0 Å². The number of hydrogen-bond acceptors (Lipinski definition) is 2. The fourth-order valence-corrected chi connectivity index (χ4v) is 3.48. The number of piperidine rings is 1. The van der Waals surface area contributed by atoms with Gasteiger partial charge in [0, 0.05) is 12.1 Å². The zero-order chi connectivity index (χ0) is 13.2. The summed E-state index contributed by atoms with van der Waals surface area (Å²) in [4.78, 5) is 5.45. The highest BCUT2D eigenvalue weighted by molar-refractivity contribution is 4.85. The highest BCUT2D eigenvalue weighted by Crippen LogP contribution is 2.32. The molecule has 2 aliphatic heterocycles. The molecule has 0 bridgehead atoms. The lowest BCUT2D eigenvalue weighted by Gasteiger charge is -2.41. The van der Waals surface area contributed by atoms with Gasteiger partial charge in [-0.05, 0) is 77.5 Å². The molecule has 2 aliphatic rings. The number of rotatable bonds is 2. The van der Waals surface area contributed by atoms with Crippen LogP contribution in [0.5, 0.6) is 0 Å². The molecule has 2 nitrogen and oxygen atoms in total. The molecule has 0 aliphatic carbocycles. The molecule has 2 rings (SSSR count). The summed E-state index contributed by atoms with van der Waals surface area (Å²) in [7, 11) is 0. The summed E-state index contributed by atoms with van der Waals surface area (Å²) in [5.41, 5.74) is 0.588. The minimum absolute atomic E-state index is 0.588. The average Bonchev–Trinajstić information content (AvgIpc) is 2.54. The van der Waals surface area contributed by atoms with Gasteiger partial charge in [-0.3, -0.25) is 0 Å². The maximum atomic E-state index is 2.79. The van der Waals surface area contributed by atoms with Gasteiger partial charge in [0.05, 0.1) is 0 Å². The van der Waals surface area contributed by atoms with Crippen molar-refractivity contribution in [1.29, 1.82) is 0 Å². The van der Waals surface area contributed by atoms with Crippen LogP contribution in [0.3, 0.4) is 0 Å². The molecule has 0 aromatic carbocycles. The Balaban J connectivity index is 1.83. The van der Waals surface area contributed by atoms with Gasteiger partial charge in [-0.15, -0.1) is 0 Å². The van der Waals surface area contributed by atoms with Crippen molar-refractivity contribution in [3.8, 4) is 0 Å². The molecule has 2 fully saturated rings. The van der Waals surface area contributed by atoms with Crippen LogP contribution in [0.25, 0.3) is 0 Å². The lowest BCUT2D eigenvalue weighted by Crippen LogP contribution is -2.44. The van der Waals surface area contributed by atoms with Crippen molar-refractivity contribution in [3.63, 3.8) is 0 Å². The van der Waals surface area contributed by atoms with E-state index in [9.17, 15) is 0 Å². The van der Waals surface area contributed by atoms with Crippen LogP contribution in [-0.4, -0.2) is 48.1 Å². The standard InChI is InChI=1S/C16H32N2/c1-14(2)17-10-5-6-15(7-11-17)18-12-8-16(3,4)9-13-18/h14-15H,5-13H2,1-4H3. The van der Waals surface area contributed by atoms with Crippen molar-refractivity contribution in [3.05, 3.63) is 0 Å². The zero-order valence-electron chi connectivity index (χ0n) is 12.9. The maximum absolute atomic E-state index is 2.79. The Labute approximate surface area is 114 Å². The SMILES string of the molecule is CC(C)N1CCCC(N2CCC(C)(C)CC2)CC1. The Morgan fingerprint density at radius 3 is 2.22 bits per heavy atom. The van der Waals surface area contributed by atoms with Crippen LogP contribution < -0.4 is 0 Å². The van der Waals surface area contributed by atoms with E-state index in [4.69, 9.17) is 0 Å². The Hall–Kier alpha value is -0.0800. The molecule has 0 aromatic heterocycles. The van der Waals surface area contributed by atoms with E-state index in [1.54, 1.807) is 0 Å². The van der Waals surface area contributed by atoms with Gasteiger partial charge >= 0.3 is 0 Å². The third-order valence-electron chi connectivity index (χ3n) is 5.13. The quantitative estimate of drug-likeness (QED) is 0.743. The van der Waals surface area contributed by atoms with Crippen molar-refractivity contribution < 1.29 is 0 Å². The molecule has 0 aromatic rings. The minimum atomic E-state index is 0.588. The van der Waals surface area contributed by atoms with E-state index in [2.05, 4.69) is 37.5 Å². The summed E-state index contributed by atoms with van der Waals surface area (Å²) in [6.45, 7) is 14.8. The van der Waals surface area contributed by atoms with Gasteiger partial charge in [-0.25, -0.2) is 0 Å². The highest BCUT2D eigenvalue weighted by Gasteiger charge is 2.30. The van der Waals surface area contributed by atoms with Gasteiger partial charge in [-0.2, -0.15) is 0 Å². The Kier molecular flexibility index (Phi) is 4.71. The molecule has 2 saturated heterocycles. The molecule has 1 atom stereocenters. The lowest BCUT2D eigenvalue weighted by atomic mass is 9.82. The third kappa shape index (κ3) is 3.71. The second kappa shape index (κ2) is 5.92. The molecule has 18 heavy (non-hydrogen) atoms. The second-order valence-corrected chi connectivity index (χ2v) is 7.41. The van der Waals surface area contributed by atoms with Crippen LogP contribution in [-0.2, 0) is 0 Å². The summed E-state index contributed by atoms with van der Waals surface area (Å²) in [5.74, 6) is 0. The number of hydrogen-bond donors (Lipinski definition) is 0. The Morgan fingerprint density at radius 2 is 1.61 bits per heavy atom. The van der Waals surface area contributed by atoms with Gasteiger partial charge in [0.15, 0.2) is 0 Å². The highest BCUT2D eigenvalue weighted by atomic mass is 15.2. The molecule has 2 heterocycles. The summed E-state index contributed by atoms with van der Waals surface area (Å²) in [5, 5.41) is 0. The molecule has 0 spiro atoms. The normalized spacial score (nSPS) is 31.5. The number of nitrogens with zero attached hydrogens (tertiary/aromatic N) is 2. The lowest BCUT2D eigenvalue weighted by molar-refractivity contribution is 0.0859. The molecule has 2 heteroatoms. The first-order valence-corrected chi connectivity index (χ1v) is 7.96. The van der Waals surface area contributed by atoms with Crippen LogP contribution >= 0.6 is 0 Å². The molecular formula is C16H32N2. The molecule has 0 radical (unpaired) electrons. The van der Waals surface area contributed by atoms with Crippen molar-refractivity contribution in [1.82, 2.24) is 9.80 Å². The van der Waals surface area contributed by atoms with E-state index in [-0.39, 0.29) is 0 Å². The van der Waals surface area contributed by atoms with E-state index in [1.807, 2.05) is 0 Å². The molecule has 0 amide bonds. The predicted octanol–water partition coefficient (Wildman–Crippen LogP) is 3.37. The first-order chi connectivity index (χ1) is 8.48. The Bertz CT molecular complexity index is 250. The second-order valence-electron chi connectivity index (χ2n) is 7.41. The van der Waals surface area contributed by atoms with Crippen molar-refractivity contribution in [2.45, 2.75) is 71.9 Å². The third-order valence-corrected chi connectivity index (χ3v) is 5.13. The van der Waals surface area contributed by atoms with E-state index >= 15 is 0 Å². The van der Waals surface area contributed by atoms with E-state index in [1.165, 1.54) is 58.3 Å². The molecule has 106 valence electrons. The summed E-state index contributed by atoms with van der Waals surface area (Å²) < 4.78 is 0. The fourth-order valence-electron chi connectivity index (χ4n) is 3.48. The minimum Gasteiger partial charge on any atom is -0.301 e. The smallest absolute Gasteiger partial charge is 0.0108 e. The molecule has 0 saturated carbocycles. The first-order valence-electron chi connectivity index (χ1n) is 7.96. The van der Waals surface area contributed by atoms with Gasteiger partial charge in [0.1, 0.15) is 0 Å². The van der Waals surface area contributed by atoms with E-state index in [0.29, 0.717) is 5.41 Å². The first kappa shape index (κ1) is 14.3. The molecule has 1 unspecified atom stereocenters. The van der Waals surface area contributed by atoms with Gasteiger partial charge in [-0.1, -0.05) is 13.8 Å².